The van der Waals surface area contributed by atoms with E-state index >= 15 is 8.78 Å². The van der Waals surface area contributed by atoms with Crippen molar-refractivity contribution in [2.75, 3.05) is 13.2 Å². The maximum absolute atomic E-state index is 16.1. The summed E-state index contributed by atoms with van der Waals surface area (Å²) >= 11 is 0. The Bertz CT molecular complexity index is 1630. The van der Waals surface area contributed by atoms with E-state index in [-0.39, 0.29) is 28.0 Å². The molecule has 0 aliphatic rings. The minimum atomic E-state index is -5.58. The zero-order valence-corrected chi connectivity index (χ0v) is 25.2. The second kappa shape index (κ2) is 13.0. The number of benzene rings is 4. The van der Waals surface area contributed by atoms with Crippen molar-refractivity contribution in [3.05, 3.63) is 138 Å². The van der Waals surface area contributed by atoms with Crippen molar-refractivity contribution in [1.29, 1.82) is 0 Å². The third-order valence-corrected chi connectivity index (χ3v) is 8.99. The van der Waals surface area contributed by atoms with Crippen LogP contribution < -0.4 is 4.74 Å². The molecule has 0 radical (unpaired) electrons. The van der Waals surface area contributed by atoms with Crippen molar-refractivity contribution in [3.63, 3.8) is 0 Å². The lowest BCUT2D eigenvalue weighted by Crippen LogP contribution is -2.49. The molecule has 0 saturated carbocycles. The lowest BCUT2D eigenvalue weighted by molar-refractivity contribution is -0.157. The number of ether oxygens (including phenoxy) is 3. The molecule has 230 valence electrons. The third-order valence-electron chi connectivity index (χ3n) is 6.58. The number of alkyl halides is 2. The van der Waals surface area contributed by atoms with Gasteiger partial charge in [-0.1, -0.05) is 91.0 Å². The number of sulfone groups is 1. The Morgan fingerprint density at radius 1 is 0.682 bits per heavy atom. The molecule has 0 heterocycles. The fourth-order valence-corrected chi connectivity index (χ4v) is 6.72. The molecule has 0 unspecified atom stereocenters. The zero-order chi connectivity index (χ0) is 32.0. The SMILES string of the molecule is CC(C)(C)OC(=O)COc1ccc(C(c2ccccc2)(c2ccccc2)S(=O)(=O)C(F)(F)COC(=O)c2ccccc2)cc1. The van der Waals surface area contributed by atoms with E-state index in [1.807, 2.05) is 0 Å². The van der Waals surface area contributed by atoms with E-state index < -0.39 is 50.6 Å². The summed E-state index contributed by atoms with van der Waals surface area (Å²) in [6.07, 6.45) is 0. The van der Waals surface area contributed by atoms with Crippen LogP contribution in [0.25, 0.3) is 0 Å². The van der Waals surface area contributed by atoms with Gasteiger partial charge in [-0.05, 0) is 61.7 Å². The van der Waals surface area contributed by atoms with Crippen LogP contribution in [0.4, 0.5) is 8.78 Å². The molecule has 44 heavy (non-hydrogen) atoms. The fraction of sp³-hybridized carbons (Fsp3) is 0.235. The number of carbonyl (C=O) groups excluding carboxylic acids is 2. The number of rotatable bonds is 11. The Labute approximate surface area is 255 Å². The van der Waals surface area contributed by atoms with E-state index in [1.165, 1.54) is 72.8 Å². The van der Waals surface area contributed by atoms with Gasteiger partial charge in [-0.25, -0.2) is 18.0 Å². The van der Waals surface area contributed by atoms with E-state index in [4.69, 9.17) is 14.2 Å². The molecule has 0 saturated heterocycles. The van der Waals surface area contributed by atoms with Gasteiger partial charge in [0.2, 0.25) is 9.84 Å². The van der Waals surface area contributed by atoms with Crippen LogP contribution in [-0.4, -0.2) is 44.4 Å². The average Bonchev–Trinajstić information content (AvgIpc) is 3.00. The zero-order valence-electron chi connectivity index (χ0n) is 24.4. The Kier molecular flexibility index (Phi) is 9.53. The molecule has 0 aromatic heterocycles. The Morgan fingerprint density at radius 3 is 1.61 bits per heavy atom. The smallest absolute Gasteiger partial charge is 0.380 e. The van der Waals surface area contributed by atoms with Crippen LogP contribution in [0.1, 0.15) is 47.8 Å². The molecule has 0 aliphatic heterocycles. The van der Waals surface area contributed by atoms with Crippen LogP contribution in [0, 0.1) is 0 Å². The van der Waals surface area contributed by atoms with Gasteiger partial charge in [-0.15, -0.1) is 0 Å². The Morgan fingerprint density at radius 2 is 1.14 bits per heavy atom. The average molecular weight is 623 g/mol. The predicted octanol–water partition coefficient (Wildman–Crippen LogP) is 6.56. The monoisotopic (exact) mass is 622 g/mol. The molecular weight excluding hydrogens is 590 g/mol. The molecule has 0 spiro atoms. The molecular formula is C34H32F2O7S. The summed E-state index contributed by atoms with van der Waals surface area (Å²) < 4.78 is 74.3. The van der Waals surface area contributed by atoms with Crippen molar-refractivity contribution >= 4 is 21.8 Å². The highest BCUT2D eigenvalue weighted by Crippen LogP contribution is 2.49. The van der Waals surface area contributed by atoms with Crippen LogP contribution in [0.5, 0.6) is 5.75 Å². The summed E-state index contributed by atoms with van der Waals surface area (Å²) in [6, 6.07) is 28.2. The number of hydrogen-bond acceptors (Lipinski definition) is 7. The molecule has 0 aliphatic carbocycles. The van der Waals surface area contributed by atoms with E-state index in [1.54, 1.807) is 63.2 Å². The minimum Gasteiger partial charge on any atom is -0.482 e. The molecule has 7 nitrogen and oxygen atoms in total. The molecule has 4 rings (SSSR count). The number of halogens is 2. The van der Waals surface area contributed by atoms with Gasteiger partial charge in [0.1, 0.15) is 11.4 Å². The summed E-state index contributed by atoms with van der Waals surface area (Å²) in [5.41, 5.74) is -0.649. The van der Waals surface area contributed by atoms with Crippen molar-refractivity contribution in [2.45, 2.75) is 36.4 Å². The number of hydrogen-bond donors (Lipinski definition) is 0. The first kappa shape index (κ1) is 32.3. The summed E-state index contributed by atoms with van der Waals surface area (Å²) in [7, 11) is -5.58. The number of carbonyl (C=O) groups is 2. The molecule has 0 atom stereocenters. The summed E-state index contributed by atoms with van der Waals surface area (Å²) in [5.74, 6) is -1.51. The van der Waals surface area contributed by atoms with Gasteiger partial charge in [0.15, 0.2) is 18.0 Å². The first-order valence-electron chi connectivity index (χ1n) is 13.7. The van der Waals surface area contributed by atoms with Gasteiger partial charge in [0.05, 0.1) is 5.56 Å². The van der Waals surface area contributed by atoms with Gasteiger partial charge in [0, 0.05) is 0 Å². The molecule has 4 aromatic rings. The highest BCUT2D eigenvalue weighted by Gasteiger charge is 2.61. The van der Waals surface area contributed by atoms with Crippen LogP contribution in [-0.2, 0) is 28.9 Å². The molecule has 0 fully saturated rings. The number of esters is 2. The maximum Gasteiger partial charge on any atom is 0.380 e. The van der Waals surface area contributed by atoms with Gasteiger partial charge >= 0.3 is 17.2 Å². The first-order chi connectivity index (χ1) is 20.8. The van der Waals surface area contributed by atoms with Gasteiger partial charge in [-0.3, -0.25) is 0 Å². The lowest BCUT2D eigenvalue weighted by Gasteiger charge is -2.37. The Hall–Kier alpha value is -4.57. The Balaban J connectivity index is 1.79. The maximum atomic E-state index is 16.1. The van der Waals surface area contributed by atoms with Gasteiger partial charge in [-0.2, -0.15) is 8.78 Å². The topological polar surface area (TPSA) is 96.0 Å². The molecule has 0 N–H and O–H groups in total. The largest absolute Gasteiger partial charge is 0.482 e. The van der Waals surface area contributed by atoms with E-state index in [9.17, 15) is 18.0 Å². The lowest BCUT2D eigenvalue weighted by atomic mass is 9.84. The standard InChI is InChI=1S/C34H32F2O7S/c1-32(2,3)43-30(37)23-41-29-21-19-28(20-22-29)34(26-15-9-5-10-16-26,27-17-11-6-12-18-27)44(39,40)33(35,36)24-42-31(38)25-13-7-4-8-14-25/h4-22H,23-24H2,1-3H3. The van der Waals surface area contributed by atoms with E-state index in [2.05, 4.69) is 0 Å². The predicted molar refractivity (Wildman–Crippen MR) is 161 cm³/mol. The van der Waals surface area contributed by atoms with Gasteiger partial charge in [0.25, 0.3) is 0 Å². The van der Waals surface area contributed by atoms with Crippen LogP contribution in [0.15, 0.2) is 115 Å². The minimum absolute atomic E-state index is 0.0000467. The first-order valence-corrected chi connectivity index (χ1v) is 15.2. The van der Waals surface area contributed by atoms with E-state index in [0.29, 0.717) is 0 Å². The third kappa shape index (κ3) is 6.81. The molecule has 10 heteroatoms. The highest BCUT2D eigenvalue weighted by molar-refractivity contribution is 7.93. The molecule has 0 bridgehead atoms. The fourth-order valence-electron chi connectivity index (χ4n) is 4.72. The van der Waals surface area contributed by atoms with Crippen LogP contribution in [0.3, 0.4) is 0 Å². The van der Waals surface area contributed by atoms with Crippen molar-refractivity contribution in [3.8, 4) is 5.75 Å². The summed E-state index contributed by atoms with van der Waals surface area (Å²) in [4.78, 5) is 24.6. The van der Waals surface area contributed by atoms with E-state index in [0.717, 1.165) is 0 Å². The highest BCUT2D eigenvalue weighted by atomic mass is 32.2. The summed E-state index contributed by atoms with van der Waals surface area (Å²) in [5, 5.41) is -4.53. The van der Waals surface area contributed by atoms with Crippen molar-refractivity contribution < 1.29 is 41.0 Å². The molecule has 4 aromatic carbocycles. The quantitative estimate of drug-likeness (QED) is 0.138. The van der Waals surface area contributed by atoms with Gasteiger partial charge < -0.3 is 14.2 Å². The molecule has 0 amide bonds. The normalized spacial score (nSPS) is 12.3. The van der Waals surface area contributed by atoms with Crippen LogP contribution in [0.2, 0.25) is 0 Å². The van der Waals surface area contributed by atoms with Crippen molar-refractivity contribution in [2.24, 2.45) is 0 Å². The second-order valence-corrected chi connectivity index (χ2v) is 13.1. The van der Waals surface area contributed by atoms with Crippen LogP contribution >= 0.6 is 0 Å². The summed E-state index contributed by atoms with van der Waals surface area (Å²) in [6.45, 7) is 3.02. The van der Waals surface area contributed by atoms with Crippen molar-refractivity contribution in [1.82, 2.24) is 0 Å². The second-order valence-electron chi connectivity index (χ2n) is 10.9.